The molecule has 2 aromatic heterocycles. The summed E-state index contributed by atoms with van der Waals surface area (Å²) in [6, 6.07) is 11.2. The minimum atomic E-state index is 0.598. The van der Waals surface area contributed by atoms with Crippen molar-refractivity contribution in [3.63, 3.8) is 0 Å². The zero-order chi connectivity index (χ0) is 18.8. The van der Waals surface area contributed by atoms with Gasteiger partial charge in [0.1, 0.15) is 10.5 Å². The first-order valence-corrected chi connectivity index (χ1v) is 10.3. The molecule has 0 fully saturated rings. The summed E-state index contributed by atoms with van der Waals surface area (Å²) in [5.41, 5.74) is 3.34. The summed E-state index contributed by atoms with van der Waals surface area (Å²) in [5.74, 6) is 2.03. The molecule has 27 heavy (non-hydrogen) atoms. The van der Waals surface area contributed by atoms with Gasteiger partial charge in [-0.2, -0.15) is 0 Å². The molecular formula is C19H15ClN2O3S2. The number of nitrogens with zero attached hydrogens (tertiary/aromatic N) is 2. The first kappa shape index (κ1) is 18.2. The number of para-hydroxylation sites is 1. The largest absolute Gasteiger partial charge is 0.493 e. The maximum absolute atomic E-state index is 5.99. The number of methoxy groups -OCH3 is 2. The number of thioether (sulfide) groups is 1. The lowest BCUT2D eigenvalue weighted by Crippen LogP contribution is -1.93. The number of hydrogen-bond donors (Lipinski definition) is 0. The van der Waals surface area contributed by atoms with Gasteiger partial charge in [-0.3, -0.25) is 0 Å². The number of hydrogen-bond acceptors (Lipinski definition) is 7. The first-order valence-electron chi connectivity index (χ1n) is 8.02. The predicted octanol–water partition coefficient (Wildman–Crippen LogP) is 5.91. The average Bonchev–Trinajstić information content (AvgIpc) is 3.31. The Morgan fingerprint density at radius 1 is 1.15 bits per heavy atom. The molecule has 138 valence electrons. The lowest BCUT2D eigenvalue weighted by Gasteiger charge is -2.10. The van der Waals surface area contributed by atoms with E-state index in [4.69, 9.17) is 30.5 Å². The summed E-state index contributed by atoms with van der Waals surface area (Å²) < 4.78 is 16.6. The lowest BCUT2D eigenvalue weighted by molar-refractivity contribution is 0.356. The Balaban J connectivity index is 1.53. The van der Waals surface area contributed by atoms with Gasteiger partial charge in [-0.15, -0.1) is 11.3 Å². The highest BCUT2D eigenvalue weighted by Gasteiger charge is 2.15. The second kappa shape index (κ2) is 7.80. The van der Waals surface area contributed by atoms with Gasteiger partial charge >= 0.3 is 0 Å². The van der Waals surface area contributed by atoms with E-state index in [1.165, 1.54) is 11.8 Å². The fraction of sp³-hybridized carbons (Fsp3) is 0.158. The molecule has 0 saturated carbocycles. The molecule has 0 atom stereocenters. The third-order valence-electron chi connectivity index (χ3n) is 3.86. The van der Waals surface area contributed by atoms with Gasteiger partial charge in [0.05, 0.1) is 25.5 Å². The molecule has 0 unspecified atom stereocenters. The number of aromatic nitrogens is 2. The third kappa shape index (κ3) is 3.76. The van der Waals surface area contributed by atoms with E-state index in [1.54, 1.807) is 37.7 Å². The number of fused-ring (bicyclic) bond motifs is 1. The van der Waals surface area contributed by atoms with Crippen LogP contribution in [0.3, 0.4) is 0 Å². The van der Waals surface area contributed by atoms with Crippen LogP contribution in [0.2, 0.25) is 5.02 Å². The number of oxazole rings is 1. The molecule has 0 amide bonds. The molecule has 5 nitrogen and oxygen atoms in total. The number of thiazole rings is 1. The molecule has 2 aromatic carbocycles. The Kier molecular flexibility index (Phi) is 5.24. The number of benzene rings is 2. The van der Waals surface area contributed by atoms with Crippen molar-refractivity contribution in [2.75, 3.05) is 14.2 Å². The van der Waals surface area contributed by atoms with Crippen molar-refractivity contribution in [3.8, 4) is 22.1 Å². The van der Waals surface area contributed by atoms with Crippen molar-refractivity contribution in [1.82, 2.24) is 9.97 Å². The van der Waals surface area contributed by atoms with Crippen LogP contribution in [0.5, 0.6) is 11.5 Å². The average molecular weight is 419 g/mol. The Bertz CT molecular complexity index is 1090. The Morgan fingerprint density at radius 3 is 2.85 bits per heavy atom. The molecule has 8 heteroatoms. The monoisotopic (exact) mass is 418 g/mol. The molecule has 0 aliphatic heterocycles. The summed E-state index contributed by atoms with van der Waals surface area (Å²) in [6.07, 6.45) is 0. The highest BCUT2D eigenvalue weighted by Crippen LogP contribution is 2.39. The summed E-state index contributed by atoms with van der Waals surface area (Å²) >= 11 is 9.06. The van der Waals surface area contributed by atoms with Gasteiger partial charge in [0.15, 0.2) is 17.1 Å². The summed E-state index contributed by atoms with van der Waals surface area (Å²) in [7, 11) is 3.25. The molecule has 0 aliphatic carbocycles. The van der Waals surface area contributed by atoms with Gasteiger partial charge in [-0.1, -0.05) is 29.4 Å². The van der Waals surface area contributed by atoms with Crippen LogP contribution in [-0.4, -0.2) is 24.2 Å². The SMILES string of the molecule is COc1cccc(-c2nc(CSc3nc4cc(Cl)ccc4o3)cs2)c1OC. The molecule has 0 saturated heterocycles. The van der Waals surface area contributed by atoms with Gasteiger partial charge < -0.3 is 13.9 Å². The molecule has 0 radical (unpaired) electrons. The zero-order valence-corrected chi connectivity index (χ0v) is 17.0. The van der Waals surface area contributed by atoms with E-state index in [2.05, 4.69) is 4.98 Å². The van der Waals surface area contributed by atoms with Crippen LogP contribution in [0.1, 0.15) is 5.69 Å². The highest BCUT2D eigenvalue weighted by molar-refractivity contribution is 7.98. The van der Waals surface area contributed by atoms with Crippen molar-refractivity contribution in [2.24, 2.45) is 0 Å². The van der Waals surface area contributed by atoms with Crippen molar-refractivity contribution in [2.45, 2.75) is 11.0 Å². The van der Waals surface area contributed by atoms with Crippen LogP contribution < -0.4 is 9.47 Å². The molecule has 0 spiro atoms. The second-order valence-corrected chi connectivity index (χ2v) is 7.79. The topological polar surface area (TPSA) is 57.4 Å². The van der Waals surface area contributed by atoms with Crippen molar-refractivity contribution >= 4 is 45.8 Å². The van der Waals surface area contributed by atoms with Gasteiger partial charge in [0, 0.05) is 16.2 Å². The van der Waals surface area contributed by atoms with E-state index in [9.17, 15) is 0 Å². The zero-order valence-electron chi connectivity index (χ0n) is 14.6. The number of ether oxygens (including phenoxy) is 2. The molecule has 0 bridgehead atoms. The maximum Gasteiger partial charge on any atom is 0.257 e. The fourth-order valence-corrected chi connectivity index (χ4v) is 4.47. The van der Waals surface area contributed by atoms with Crippen molar-refractivity contribution < 1.29 is 13.9 Å². The minimum absolute atomic E-state index is 0.598. The maximum atomic E-state index is 5.99. The van der Waals surface area contributed by atoms with Gasteiger partial charge in [0.25, 0.3) is 5.22 Å². The van der Waals surface area contributed by atoms with E-state index < -0.39 is 0 Å². The molecule has 0 N–H and O–H groups in total. The normalized spacial score (nSPS) is 11.1. The summed E-state index contributed by atoms with van der Waals surface area (Å²) in [5, 5.41) is 4.15. The molecule has 4 aromatic rings. The van der Waals surface area contributed by atoms with Crippen molar-refractivity contribution in [1.29, 1.82) is 0 Å². The van der Waals surface area contributed by atoms with Crippen LogP contribution >= 0.6 is 34.7 Å². The molecule has 4 rings (SSSR count). The Labute approximate surface area is 169 Å². The number of rotatable bonds is 6. The molecular weight excluding hydrogens is 404 g/mol. The molecule has 2 heterocycles. The number of halogens is 1. The van der Waals surface area contributed by atoms with E-state index in [0.29, 0.717) is 27.5 Å². The second-order valence-electron chi connectivity index (χ2n) is 5.57. The smallest absolute Gasteiger partial charge is 0.257 e. The van der Waals surface area contributed by atoms with Gasteiger partial charge in [-0.05, 0) is 30.3 Å². The van der Waals surface area contributed by atoms with Gasteiger partial charge in [0.2, 0.25) is 0 Å². The van der Waals surface area contributed by atoms with E-state index in [-0.39, 0.29) is 0 Å². The predicted molar refractivity (Wildman–Crippen MR) is 109 cm³/mol. The van der Waals surface area contributed by atoms with Crippen molar-refractivity contribution in [3.05, 3.63) is 52.5 Å². The third-order valence-corrected chi connectivity index (χ3v) is 5.88. The highest BCUT2D eigenvalue weighted by atomic mass is 35.5. The van der Waals surface area contributed by atoms with Crippen LogP contribution in [-0.2, 0) is 5.75 Å². The Morgan fingerprint density at radius 2 is 2.04 bits per heavy atom. The molecule has 0 aliphatic rings. The minimum Gasteiger partial charge on any atom is -0.493 e. The van der Waals surface area contributed by atoms with E-state index in [0.717, 1.165) is 27.4 Å². The first-order chi connectivity index (χ1) is 13.2. The van der Waals surface area contributed by atoms with E-state index in [1.807, 2.05) is 29.6 Å². The van der Waals surface area contributed by atoms with E-state index >= 15 is 0 Å². The van der Waals surface area contributed by atoms with Crippen LogP contribution in [0.4, 0.5) is 0 Å². The van der Waals surface area contributed by atoms with Crippen LogP contribution in [0.15, 0.2) is 51.4 Å². The fourth-order valence-electron chi connectivity index (χ4n) is 2.63. The lowest BCUT2D eigenvalue weighted by atomic mass is 10.2. The van der Waals surface area contributed by atoms with Gasteiger partial charge in [-0.25, -0.2) is 9.97 Å². The summed E-state index contributed by atoms with van der Waals surface area (Å²) in [6.45, 7) is 0. The van der Waals surface area contributed by atoms with Crippen LogP contribution in [0, 0.1) is 0 Å². The quantitative estimate of drug-likeness (QED) is 0.362. The van der Waals surface area contributed by atoms with Crippen LogP contribution in [0.25, 0.3) is 21.7 Å². The standard InChI is InChI=1S/C19H15ClN2O3S2/c1-23-16-5-3-4-13(17(16)24-2)18-21-12(9-26-18)10-27-19-22-14-8-11(20)6-7-15(14)25-19/h3-9H,10H2,1-2H3. The Hall–Kier alpha value is -2.22. The summed E-state index contributed by atoms with van der Waals surface area (Å²) in [4.78, 5) is 9.17.